The molecule has 1 aliphatic rings. The van der Waals surface area contributed by atoms with Crippen molar-refractivity contribution in [3.8, 4) is 11.5 Å². The zero-order valence-electron chi connectivity index (χ0n) is 19.9. The van der Waals surface area contributed by atoms with E-state index in [0.29, 0.717) is 42.4 Å². The van der Waals surface area contributed by atoms with Crippen molar-refractivity contribution in [1.29, 1.82) is 0 Å². The highest BCUT2D eigenvalue weighted by Gasteiger charge is 2.27. The Morgan fingerprint density at radius 3 is 2.48 bits per heavy atom. The number of hydrogen-bond donors (Lipinski definition) is 1. The van der Waals surface area contributed by atoms with Gasteiger partial charge in [0.2, 0.25) is 15.9 Å². The lowest BCUT2D eigenvalue weighted by Crippen LogP contribution is -2.37. The zero-order chi connectivity index (χ0) is 24.2. The summed E-state index contributed by atoms with van der Waals surface area (Å²) in [4.78, 5) is 15.1. The molecule has 0 fully saturated rings. The SMILES string of the molecule is CCN(CC)S(=O)(=O)c1ccc2c(c1)CCN2CC(=O)NC(C)c1cc(OC)ccc1OC. The van der Waals surface area contributed by atoms with Gasteiger partial charge in [0.25, 0.3) is 0 Å². The molecule has 1 unspecified atom stereocenters. The summed E-state index contributed by atoms with van der Waals surface area (Å²) >= 11 is 0. The monoisotopic (exact) mass is 475 g/mol. The predicted octanol–water partition coefficient (Wildman–Crippen LogP) is 2.97. The van der Waals surface area contributed by atoms with Crippen molar-refractivity contribution in [2.24, 2.45) is 0 Å². The van der Waals surface area contributed by atoms with Crippen molar-refractivity contribution in [2.75, 3.05) is 45.3 Å². The van der Waals surface area contributed by atoms with Crippen LogP contribution in [0.5, 0.6) is 11.5 Å². The largest absolute Gasteiger partial charge is 0.497 e. The van der Waals surface area contributed by atoms with Gasteiger partial charge in [0.1, 0.15) is 11.5 Å². The fourth-order valence-electron chi connectivity index (χ4n) is 4.20. The third-order valence-electron chi connectivity index (χ3n) is 6.00. The maximum atomic E-state index is 12.8. The molecule has 1 amide bonds. The maximum absolute atomic E-state index is 12.8. The molecule has 0 bridgehead atoms. The number of methoxy groups -OCH3 is 2. The molecule has 2 aromatic rings. The molecule has 0 saturated heterocycles. The second-order valence-electron chi connectivity index (χ2n) is 7.95. The summed E-state index contributed by atoms with van der Waals surface area (Å²) < 4.78 is 37.8. The Hall–Kier alpha value is -2.78. The van der Waals surface area contributed by atoms with Gasteiger partial charge < -0.3 is 19.7 Å². The molecule has 0 radical (unpaired) electrons. The predicted molar refractivity (Wildman–Crippen MR) is 129 cm³/mol. The number of sulfonamides is 1. The van der Waals surface area contributed by atoms with Gasteiger partial charge in [-0.05, 0) is 55.3 Å². The summed E-state index contributed by atoms with van der Waals surface area (Å²) in [5.74, 6) is 1.24. The van der Waals surface area contributed by atoms with E-state index in [1.165, 1.54) is 4.31 Å². The van der Waals surface area contributed by atoms with Crippen molar-refractivity contribution in [3.63, 3.8) is 0 Å². The topological polar surface area (TPSA) is 88.2 Å². The van der Waals surface area contributed by atoms with E-state index in [2.05, 4.69) is 5.32 Å². The number of amides is 1. The smallest absolute Gasteiger partial charge is 0.243 e. The van der Waals surface area contributed by atoms with E-state index < -0.39 is 10.0 Å². The summed E-state index contributed by atoms with van der Waals surface area (Å²) in [7, 11) is -0.320. The Morgan fingerprint density at radius 1 is 1.12 bits per heavy atom. The normalized spacial score (nSPS) is 14.2. The van der Waals surface area contributed by atoms with Crippen molar-refractivity contribution in [1.82, 2.24) is 9.62 Å². The van der Waals surface area contributed by atoms with Crippen LogP contribution in [-0.2, 0) is 21.2 Å². The van der Waals surface area contributed by atoms with Gasteiger partial charge >= 0.3 is 0 Å². The number of carbonyl (C=O) groups excluding carboxylic acids is 1. The van der Waals surface area contributed by atoms with E-state index in [1.807, 2.05) is 43.9 Å². The molecule has 8 nitrogen and oxygen atoms in total. The summed E-state index contributed by atoms with van der Waals surface area (Å²) in [6.07, 6.45) is 0.698. The van der Waals surface area contributed by atoms with E-state index in [4.69, 9.17) is 9.47 Å². The second-order valence-corrected chi connectivity index (χ2v) is 9.89. The molecule has 1 aliphatic heterocycles. The molecular formula is C24H33N3O5S. The van der Waals surface area contributed by atoms with Crippen molar-refractivity contribution in [3.05, 3.63) is 47.5 Å². The Morgan fingerprint density at radius 2 is 1.85 bits per heavy atom. The van der Waals surface area contributed by atoms with Crippen LogP contribution in [0.15, 0.2) is 41.3 Å². The Labute approximate surface area is 196 Å². The van der Waals surface area contributed by atoms with Gasteiger partial charge in [0, 0.05) is 30.9 Å². The first-order valence-electron chi connectivity index (χ1n) is 11.1. The number of nitrogens with zero attached hydrogens (tertiary/aromatic N) is 2. The molecular weight excluding hydrogens is 442 g/mol. The van der Waals surface area contributed by atoms with E-state index in [-0.39, 0.29) is 18.5 Å². The summed E-state index contributed by atoms with van der Waals surface area (Å²) in [6, 6.07) is 10.4. The highest BCUT2D eigenvalue weighted by molar-refractivity contribution is 7.89. The summed E-state index contributed by atoms with van der Waals surface area (Å²) in [6.45, 7) is 7.27. The molecule has 1 atom stereocenters. The van der Waals surface area contributed by atoms with Crippen LogP contribution < -0.4 is 19.7 Å². The minimum absolute atomic E-state index is 0.125. The maximum Gasteiger partial charge on any atom is 0.243 e. The highest BCUT2D eigenvalue weighted by atomic mass is 32.2. The van der Waals surface area contributed by atoms with Crippen LogP contribution in [0.25, 0.3) is 0 Å². The van der Waals surface area contributed by atoms with Gasteiger partial charge in [0.05, 0.1) is 31.7 Å². The fraction of sp³-hybridized carbons (Fsp3) is 0.458. The Bertz CT molecular complexity index is 1100. The molecule has 3 rings (SSSR count). The third kappa shape index (κ3) is 5.25. The van der Waals surface area contributed by atoms with Crippen LogP contribution in [0.2, 0.25) is 0 Å². The van der Waals surface area contributed by atoms with Gasteiger partial charge in [0.15, 0.2) is 0 Å². The molecule has 0 aromatic heterocycles. The number of fused-ring (bicyclic) bond motifs is 1. The lowest BCUT2D eigenvalue weighted by Gasteiger charge is -2.23. The van der Waals surface area contributed by atoms with Gasteiger partial charge in [-0.3, -0.25) is 4.79 Å². The number of nitrogens with one attached hydrogen (secondary N) is 1. The van der Waals surface area contributed by atoms with Crippen molar-refractivity contribution in [2.45, 2.75) is 38.1 Å². The molecule has 9 heteroatoms. The molecule has 1 heterocycles. The molecule has 2 aromatic carbocycles. The van der Waals surface area contributed by atoms with Gasteiger partial charge in [-0.15, -0.1) is 0 Å². The number of hydrogen-bond acceptors (Lipinski definition) is 6. The van der Waals surface area contributed by atoms with Crippen LogP contribution in [0, 0.1) is 0 Å². The molecule has 180 valence electrons. The third-order valence-corrected chi connectivity index (χ3v) is 8.05. The summed E-state index contributed by atoms with van der Waals surface area (Å²) in [5.41, 5.74) is 2.67. The zero-order valence-corrected chi connectivity index (χ0v) is 20.7. The number of ether oxygens (including phenoxy) is 2. The number of rotatable bonds is 10. The quantitative estimate of drug-likeness (QED) is 0.568. The number of carbonyl (C=O) groups is 1. The van der Waals surface area contributed by atoms with Crippen molar-refractivity contribution < 1.29 is 22.7 Å². The second kappa shape index (κ2) is 10.4. The van der Waals surface area contributed by atoms with Gasteiger partial charge in [-0.25, -0.2) is 8.42 Å². The van der Waals surface area contributed by atoms with Crippen LogP contribution >= 0.6 is 0 Å². The van der Waals surface area contributed by atoms with E-state index in [1.54, 1.807) is 32.4 Å². The molecule has 33 heavy (non-hydrogen) atoms. The standard InChI is InChI=1S/C24H33N3O5S/c1-6-27(7-2)33(29,30)20-9-10-22-18(14-20)12-13-26(22)16-24(28)25-17(3)21-15-19(31-4)8-11-23(21)32-5/h8-11,14-15,17H,6-7,12-13,16H2,1-5H3,(H,25,28). The van der Waals surface area contributed by atoms with Crippen LogP contribution in [0.1, 0.15) is 37.9 Å². The number of benzene rings is 2. The lowest BCUT2D eigenvalue weighted by molar-refractivity contribution is -0.120. The minimum Gasteiger partial charge on any atom is -0.497 e. The minimum atomic E-state index is -3.51. The van der Waals surface area contributed by atoms with Crippen LogP contribution in [0.4, 0.5) is 5.69 Å². The lowest BCUT2D eigenvalue weighted by atomic mass is 10.1. The van der Waals surface area contributed by atoms with E-state index in [0.717, 1.165) is 16.8 Å². The van der Waals surface area contributed by atoms with Gasteiger partial charge in [-0.2, -0.15) is 4.31 Å². The summed E-state index contributed by atoms with van der Waals surface area (Å²) in [5, 5.41) is 3.03. The highest BCUT2D eigenvalue weighted by Crippen LogP contribution is 2.32. The van der Waals surface area contributed by atoms with Gasteiger partial charge in [-0.1, -0.05) is 13.8 Å². The molecule has 0 aliphatic carbocycles. The molecule has 1 N–H and O–H groups in total. The van der Waals surface area contributed by atoms with E-state index >= 15 is 0 Å². The first-order valence-corrected chi connectivity index (χ1v) is 12.6. The van der Waals surface area contributed by atoms with E-state index in [9.17, 15) is 13.2 Å². The first-order chi connectivity index (χ1) is 15.7. The van der Waals surface area contributed by atoms with Crippen LogP contribution in [0.3, 0.4) is 0 Å². The Kier molecular flexibility index (Phi) is 7.86. The first kappa shape index (κ1) is 24.9. The average molecular weight is 476 g/mol. The van der Waals surface area contributed by atoms with Crippen LogP contribution in [-0.4, -0.2) is 59.0 Å². The molecule has 0 spiro atoms. The average Bonchev–Trinajstić information content (AvgIpc) is 3.20. The number of anilines is 1. The Balaban J connectivity index is 1.71. The molecule has 0 saturated carbocycles. The fourth-order valence-corrected chi connectivity index (χ4v) is 5.71. The van der Waals surface area contributed by atoms with Crippen molar-refractivity contribution >= 4 is 21.6 Å².